The van der Waals surface area contributed by atoms with Gasteiger partial charge in [0.2, 0.25) is 0 Å². The van der Waals surface area contributed by atoms with Crippen LogP contribution in [0.3, 0.4) is 0 Å². The third kappa shape index (κ3) is 3.07. The molecule has 0 saturated heterocycles. The molecule has 25 heavy (non-hydrogen) atoms. The molecule has 3 aromatic rings. The minimum atomic E-state index is 0.000288. The van der Waals surface area contributed by atoms with Gasteiger partial charge in [-0.15, -0.1) is 0 Å². The molecule has 1 aliphatic rings. The van der Waals surface area contributed by atoms with E-state index in [-0.39, 0.29) is 5.69 Å². The number of H-pyrrole nitrogens is 1. The summed E-state index contributed by atoms with van der Waals surface area (Å²) in [4.78, 5) is 17.6. The molecule has 0 saturated carbocycles. The smallest absolute Gasteiger partial charge is 0.326 e. The largest absolute Gasteiger partial charge is 0.399 e. The molecule has 3 N–H and O–H groups in total. The Labute approximate surface area is 147 Å². The number of hydrogen-bond acceptors (Lipinski definition) is 3. The van der Waals surface area contributed by atoms with Crippen molar-refractivity contribution in [3.63, 3.8) is 0 Å². The number of aromatic amines is 1. The Hall–Kier alpha value is -2.53. The van der Waals surface area contributed by atoms with Gasteiger partial charge in [0.25, 0.3) is 0 Å². The molecule has 0 aliphatic carbocycles. The first-order chi connectivity index (χ1) is 12.1. The van der Waals surface area contributed by atoms with Crippen molar-refractivity contribution in [2.75, 3.05) is 19.3 Å². The molecule has 130 valence electrons. The quantitative estimate of drug-likeness (QED) is 0.703. The number of aromatic nitrogens is 2. The molecular formula is C20H24N4O. The third-order valence-corrected chi connectivity index (χ3v) is 5.28. The summed E-state index contributed by atoms with van der Waals surface area (Å²) >= 11 is 0. The highest BCUT2D eigenvalue weighted by Crippen LogP contribution is 2.24. The molecule has 2 heterocycles. The van der Waals surface area contributed by atoms with E-state index in [1.54, 1.807) is 0 Å². The van der Waals surface area contributed by atoms with Gasteiger partial charge in [-0.1, -0.05) is 24.3 Å². The van der Waals surface area contributed by atoms with Crippen LogP contribution in [-0.4, -0.2) is 34.1 Å². The second-order valence-corrected chi connectivity index (χ2v) is 7.04. The van der Waals surface area contributed by atoms with Crippen molar-refractivity contribution in [3.05, 3.63) is 64.1 Å². The highest BCUT2D eigenvalue weighted by Gasteiger charge is 2.25. The molecule has 2 aromatic carbocycles. The van der Waals surface area contributed by atoms with E-state index in [1.165, 1.54) is 11.1 Å². The number of rotatable bonds is 5. The lowest BCUT2D eigenvalue weighted by atomic mass is 9.99. The van der Waals surface area contributed by atoms with E-state index in [2.05, 4.69) is 29.1 Å². The summed E-state index contributed by atoms with van der Waals surface area (Å²) in [6.45, 7) is 1.76. The van der Waals surface area contributed by atoms with Gasteiger partial charge in [0.1, 0.15) is 0 Å². The monoisotopic (exact) mass is 336 g/mol. The fourth-order valence-electron chi connectivity index (χ4n) is 3.92. The van der Waals surface area contributed by atoms with Crippen molar-refractivity contribution in [2.45, 2.75) is 31.8 Å². The second kappa shape index (κ2) is 6.41. The summed E-state index contributed by atoms with van der Waals surface area (Å²) in [6, 6.07) is 14.6. The number of nitrogens with two attached hydrogens (primary N) is 1. The van der Waals surface area contributed by atoms with Gasteiger partial charge in [-0.25, -0.2) is 4.79 Å². The topological polar surface area (TPSA) is 67.0 Å². The third-order valence-electron chi connectivity index (χ3n) is 5.28. The highest BCUT2D eigenvalue weighted by molar-refractivity contribution is 5.79. The predicted molar refractivity (Wildman–Crippen MR) is 102 cm³/mol. The van der Waals surface area contributed by atoms with E-state index in [0.29, 0.717) is 6.04 Å². The van der Waals surface area contributed by atoms with Crippen LogP contribution in [0.15, 0.2) is 47.3 Å². The lowest BCUT2D eigenvalue weighted by Crippen LogP contribution is -2.42. The molecule has 5 nitrogen and oxygen atoms in total. The first-order valence-electron chi connectivity index (χ1n) is 8.87. The van der Waals surface area contributed by atoms with Crippen molar-refractivity contribution in [1.82, 2.24) is 14.5 Å². The maximum atomic E-state index is 12.2. The van der Waals surface area contributed by atoms with Crippen molar-refractivity contribution in [1.29, 1.82) is 0 Å². The normalized spacial score (nSPS) is 16.6. The number of benzene rings is 2. The van der Waals surface area contributed by atoms with E-state index in [0.717, 1.165) is 49.1 Å². The minimum absolute atomic E-state index is 0.000288. The molecule has 4 rings (SSSR count). The van der Waals surface area contributed by atoms with E-state index in [4.69, 9.17) is 5.73 Å². The Balaban J connectivity index is 1.43. The zero-order valence-corrected chi connectivity index (χ0v) is 14.5. The number of imidazole rings is 1. The lowest BCUT2D eigenvalue weighted by molar-refractivity contribution is 0.211. The lowest BCUT2D eigenvalue weighted by Gasteiger charge is -2.31. The van der Waals surface area contributed by atoms with Gasteiger partial charge in [-0.3, -0.25) is 4.57 Å². The standard InChI is InChI=1S/C20H24N4O/c1-23(10-4-6-14-5-2-8-16(21)11-14)17-12-15-7-3-9-18-19(15)24(13-17)20(25)22-18/h2-3,5,7-9,11,17H,4,6,10,12-13,21H2,1H3,(H,22,25)/t17-/m1/s1. The summed E-state index contributed by atoms with van der Waals surface area (Å²) < 4.78 is 1.90. The number of likely N-dealkylation sites (N-methyl/N-ethyl adjacent to an activating group) is 1. The van der Waals surface area contributed by atoms with Gasteiger partial charge < -0.3 is 15.6 Å². The Kier molecular flexibility index (Phi) is 4.09. The van der Waals surface area contributed by atoms with Gasteiger partial charge >= 0.3 is 5.69 Å². The van der Waals surface area contributed by atoms with Crippen LogP contribution in [0.1, 0.15) is 17.5 Å². The Bertz CT molecular complexity index is 956. The zero-order valence-electron chi connectivity index (χ0n) is 14.5. The molecule has 0 amide bonds. The van der Waals surface area contributed by atoms with E-state index < -0.39 is 0 Å². The van der Waals surface area contributed by atoms with Crippen LogP contribution < -0.4 is 11.4 Å². The molecule has 0 radical (unpaired) electrons. The van der Waals surface area contributed by atoms with Crippen LogP contribution in [0.2, 0.25) is 0 Å². The molecule has 0 bridgehead atoms. The van der Waals surface area contributed by atoms with E-state index in [1.807, 2.05) is 34.9 Å². The van der Waals surface area contributed by atoms with Gasteiger partial charge in [-0.05, 0) is 62.2 Å². The van der Waals surface area contributed by atoms with Crippen LogP contribution >= 0.6 is 0 Å². The summed E-state index contributed by atoms with van der Waals surface area (Å²) in [5.41, 5.74) is 11.2. The van der Waals surface area contributed by atoms with Gasteiger partial charge in [0.05, 0.1) is 11.0 Å². The molecule has 1 aliphatic heterocycles. The average molecular weight is 336 g/mol. The first kappa shape index (κ1) is 16.0. The Morgan fingerprint density at radius 1 is 1.28 bits per heavy atom. The van der Waals surface area contributed by atoms with Crippen LogP contribution in [0, 0.1) is 0 Å². The Morgan fingerprint density at radius 2 is 2.12 bits per heavy atom. The van der Waals surface area contributed by atoms with Crippen LogP contribution in [0.4, 0.5) is 5.69 Å². The van der Waals surface area contributed by atoms with Crippen LogP contribution in [0.5, 0.6) is 0 Å². The van der Waals surface area contributed by atoms with Crippen molar-refractivity contribution in [3.8, 4) is 0 Å². The van der Waals surface area contributed by atoms with Crippen LogP contribution in [0.25, 0.3) is 11.0 Å². The number of anilines is 1. The van der Waals surface area contributed by atoms with Gasteiger partial charge in [0, 0.05) is 18.3 Å². The number of nitrogen functional groups attached to an aromatic ring is 1. The number of aryl methyl sites for hydroxylation is 1. The summed E-state index contributed by atoms with van der Waals surface area (Å²) in [5.74, 6) is 0. The highest BCUT2D eigenvalue weighted by atomic mass is 16.1. The van der Waals surface area contributed by atoms with Crippen molar-refractivity contribution >= 4 is 16.7 Å². The van der Waals surface area contributed by atoms with E-state index in [9.17, 15) is 4.79 Å². The molecule has 1 aromatic heterocycles. The summed E-state index contributed by atoms with van der Waals surface area (Å²) in [6.07, 6.45) is 3.09. The summed E-state index contributed by atoms with van der Waals surface area (Å²) in [5, 5.41) is 0. The number of para-hydroxylation sites is 1. The van der Waals surface area contributed by atoms with E-state index >= 15 is 0 Å². The first-order valence-corrected chi connectivity index (χ1v) is 8.87. The molecule has 1 atom stereocenters. The SMILES string of the molecule is CN(CCCc1cccc(N)c1)[C@@H]1Cc2cccc3[nH]c(=O)n(c23)C1. The average Bonchev–Trinajstić information content (AvgIpc) is 2.92. The fraction of sp³-hybridized carbons (Fsp3) is 0.350. The Morgan fingerprint density at radius 3 is 2.96 bits per heavy atom. The zero-order chi connectivity index (χ0) is 17.4. The second-order valence-electron chi connectivity index (χ2n) is 7.04. The van der Waals surface area contributed by atoms with Crippen LogP contribution in [-0.2, 0) is 19.4 Å². The van der Waals surface area contributed by atoms with Gasteiger partial charge in [0.15, 0.2) is 0 Å². The molecule has 0 spiro atoms. The van der Waals surface area contributed by atoms with Gasteiger partial charge in [-0.2, -0.15) is 0 Å². The molecular weight excluding hydrogens is 312 g/mol. The number of nitrogens with one attached hydrogen (secondary N) is 1. The summed E-state index contributed by atoms with van der Waals surface area (Å²) in [7, 11) is 2.16. The maximum Gasteiger partial charge on any atom is 0.326 e. The number of nitrogens with zero attached hydrogens (tertiary/aromatic N) is 2. The number of hydrogen-bond donors (Lipinski definition) is 2. The molecule has 5 heteroatoms. The minimum Gasteiger partial charge on any atom is -0.399 e. The molecule has 0 unspecified atom stereocenters. The predicted octanol–water partition coefficient (Wildman–Crippen LogP) is 2.40. The van der Waals surface area contributed by atoms with Crippen molar-refractivity contribution in [2.24, 2.45) is 0 Å². The molecule has 0 fully saturated rings. The maximum absolute atomic E-state index is 12.2. The van der Waals surface area contributed by atoms with Crippen molar-refractivity contribution < 1.29 is 0 Å². The fourth-order valence-corrected chi connectivity index (χ4v) is 3.92.